The Labute approximate surface area is 163 Å². The molecule has 2 saturated heterocycles. The number of amides is 3. The molecule has 1 aromatic carbocycles. The van der Waals surface area contributed by atoms with Gasteiger partial charge in [-0.15, -0.1) is 0 Å². The van der Waals surface area contributed by atoms with Crippen LogP contribution in [0.4, 0.5) is 10.5 Å². The van der Waals surface area contributed by atoms with Crippen molar-refractivity contribution in [3.63, 3.8) is 0 Å². The second kappa shape index (κ2) is 6.51. The third-order valence-electron chi connectivity index (χ3n) is 6.13. The number of carbonyl (C=O) groups is 3. The molecule has 3 amide bonds. The van der Waals surface area contributed by atoms with E-state index >= 15 is 0 Å². The van der Waals surface area contributed by atoms with Crippen LogP contribution in [-0.4, -0.2) is 55.1 Å². The molecule has 3 aliphatic rings. The van der Waals surface area contributed by atoms with Crippen molar-refractivity contribution < 1.29 is 19.1 Å². The third kappa shape index (κ3) is 2.78. The number of rotatable bonds is 4. The van der Waals surface area contributed by atoms with Gasteiger partial charge in [-0.25, -0.2) is 4.79 Å². The van der Waals surface area contributed by atoms with Gasteiger partial charge in [0.25, 0.3) is 0 Å². The largest absolute Gasteiger partial charge is 0.442 e. The Morgan fingerprint density at radius 3 is 2.61 bits per heavy atom. The van der Waals surface area contributed by atoms with Crippen molar-refractivity contribution >= 4 is 23.6 Å². The first-order valence-electron chi connectivity index (χ1n) is 9.35. The first kappa shape index (κ1) is 18.3. The molecule has 0 bridgehead atoms. The van der Waals surface area contributed by atoms with Crippen molar-refractivity contribution in [2.24, 2.45) is 11.8 Å². The first-order chi connectivity index (χ1) is 13.4. The van der Waals surface area contributed by atoms with Crippen LogP contribution in [0.15, 0.2) is 24.3 Å². The minimum Gasteiger partial charge on any atom is -0.442 e. The van der Waals surface area contributed by atoms with Crippen molar-refractivity contribution in [1.29, 1.82) is 5.26 Å². The van der Waals surface area contributed by atoms with Gasteiger partial charge in [-0.05, 0) is 17.7 Å². The van der Waals surface area contributed by atoms with Crippen LogP contribution in [-0.2, 0) is 19.7 Å². The Kier molecular flexibility index (Phi) is 4.26. The molecule has 4 rings (SSSR count). The van der Waals surface area contributed by atoms with Gasteiger partial charge in [0.1, 0.15) is 6.10 Å². The summed E-state index contributed by atoms with van der Waals surface area (Å²) in [6, 6.07) is 9.98. The number of carbonyl (C=O) groups excluding carboxylic acids is 3. The molecule has 8 nitrogen and oxygen atoms in total. The highest BCUT2D eigenvalue weighted by Gasteiger charge is 2.70. The predicted molar refractivity (Wildman–Crippen MR) is 99.3 cm³/mol. The van der Waals surface area contributed by atoms with Crippen LogP contribution in [0.5, 0.6) is 0 Å². The van der Waals surface area contributed by atoms with Gasteiger partial charge in [0.15, 0.2) is 0 Å². The molecule has 4 atom stereocenters. The minimum atomic E-state index is -0.441. The Morgan fingerprint density at radius 2 is 2.00 bits per heavy atom. The molecule has 8 heteroatoms. The Morgan fingerprint density at radius 1 is 1.29 bits per heavy atom. The molecular weight excluding hydrogens is 360 g/mol. The number of benzene rings is 1. The maximum atomic E-state index is 12.2. The zero-order valence-electron chi connectivity index (χ0n) is 15.8. The van der Waals surface area contributed by atoms with E-state index in [4.69, 9.17) is 4.74 Å². The summed E-state index contributed by atoms with van der Waals surface area (Å²) in [7, 11) is 0. The summed E-state index contributed by atoms with van der Waals surface area (Å²) >= 11 is 0. The Bertz CT molecular complexity index is 877. The zero-order chi connectivity index (χ0) is 20.1. The molecule has 2 heterocycles. The molecule has 3 fully saturated rings. The zero-order valence-corrected chi connectivity index (χ0v) is 15.8. The summed E-state index contributed by atoms with van der Waals surface area (Å²) in [4.78, 5) is 38.3. The number of ether oxygens (including phenoxy) is 1. The van der Waals surface area contributed by atoms with Crippen LogP contribution in [0, 0.1) is 23.2 Å². The number of anilines is 1. The molecule has 146 valence electrons. The monoisotopic (exact) mass is 382 g/mol. The summed E-state index contributed by atoms with van der Waals surface area (Å²) in [5, 5.41) is 12.1. The SMILES string of the molecule is CC(=O)NC[C@H]1CN(c2ccc([C@]34CN(C(C)=O)C[C@H]3[C@H]4C#N)cc2)C(=O)O1. The van der Waals surface area contributed by atoms with Crippen molar-refractivity contribution in [1.82, 2.24) is 10.2 Å². The lowest BCUT2D eigenvalue weighted by Gasteiger charge is -2.22. The van der Waals surface area contributed by atoms with Gasteiger partial charge in [0, 0.05) is 44.0 Å². The molecule has 2 aliphatic heterocycles. The van der Waals surface area contributed by atoms with Gasteiger partial charge in [-0.2, -0.15) is 5.26 Å². The van der Waals surface area contributed by atoms with Gasteiger partial charge < -0.3 is 15.0 Å². The molecule has 0 radical (unpaired) electrons. The van der Waals surface area contributed by atoms with E-state index in [0.717, 1.165) is 5.56 Å². The third-order valence-corrected chi connectivity index (χ3v) is 6.13. The van der Waals surface area contributed by atoms with E-state index in [1.807, 2.05) is 24.3 Å². The smallest absolute Gasteiger partial charge is 0.414 e. The second-order valence-electron chi connectivity index (χ2n) is 7.75. The molecule has 1 aromatic rings. The topological polar surface area (TPSA) is 103 Å². The average molecular weight is 382 g/mol. The van der Waals surface area contributed by atoms with Crippen LogP contribution in [0.2, 0.25) is 0 Å². The number of fused-ring (bicyclic) bond motifs is 1. The quantitative estimate of drug-likeness (QED) is 0.837. The minimum absolute atomic E-state index is 0.0323. The summed E-state index contributed by atoms with van der Waals surface area (Å²) < 4.78 is 5.30. The normalized spacial score (nSPS) is 30.5. The number of cyclic esters (lactones) is 1. The van der Waals surface area contributed by atoms with Crippen LogP contribution in [0.1, 0.15) is 19.4 Å². The molecule has 0 unspecified atom stereocenters. The van der Waals surface area contributed by atoms with E-state index < -0.39 is 6.09 Å². The Balaban J connectivity index is 1.49. The lowest BCUT2D eigenvalue weighted by molar-refractivity contribution is -0.128. The molecule has 28 heavy (non-hydrogen) atoms. The van der Waals surface area contributed by atoms with Crippen molar-refractivity contribution in [2.45, 2.75) is 25.4 Å². The molecule has 1 N–H and O–H groups in total. The number of nitrogens with zero attached hydrogens (tertiary/aromatic N) is 3. The van der Waals surface area contributed by atoms with E-state index in [0.29, 0.717) is 25.3 Å². The fourth-order valence-corrected chi connectivity index (χ4v) is 4.60. The van der Waals surface area contributed by atoms with E-state index in [1.54, 1.807) is 11.8 Å². The second-order valence-corrected chi connectivity index (χ2v) is 7.75. The predicted octanol–water partition coefficient (Wildman–Crippen LogP) is 1.02. The molecular formula is C20H22N4O4. The first-order valence-corrected chi connectivity index (χ1v) is 9.35. The van der Waals surface area contributed by atoms with Gasteiger partial charge in [-0.3, -0.25) is 14.5 Å². The van der Waals surface area contributed by atoms with Crippen LogP contribution in [0.3, 0.4) is 0 Å². The molecule has 0 aromatic heterocycles. The highest BCUT2D eigenvalue weighted by molar-refractivity contribution is 5.90. The molecule has 1 aliphatic carbocycles. The van der Waals surface area contributed by atoms with Crippen LogP contribution >= 0.6 is 0 Å². The van der Waals surface area contributed by atoms with Crippen molar-refractivity contribution in [3.8, 4) is 6.07 Å². The lowest BCUT2D eigenvalue weighted by atomic mass is 9.92. The lowest BCUT2D eigenvalue weighted by Crippen LogP contribution is -2.33. The number of hydrogen-bond acceptors (Lipinski definition) is 5. The van der Waals surface area contributed by atoms with Crippen molar-refractivity contribution in [2.75, 3.05) is 31.1 Å². The van der Waals surface area contributed by atoms with E-state index in [-0.39, 0.29) is 41.7 Å². The van der Waals surface area contributed by atoms with Crippen LogP contribution in [0.25, 0.3) is 0 Å². The number of piperidine rings is 1. The van der Waals surface area contributed by atoms with E-state index in [2.05, 4.69) is 11.4 Å². The fraction of sp³-hybridized carbons (Fsp3) is 0.500. The van der Waals surface area contributed by atoms with E-state index in [1.165, 1.54) is 11.8 Å². The van der Waals surface area contributed by atoms with Gasteiger partial charge in [0.2, 0.25) is 11.8 Å². The number of likely N-dealkylation sites (tertiary alicyclic amines) is 1. The highest BCUT2D eigenvalue weighted by atomic mass is 16.6. The summed E-state index contributed by atoms with van der Waals surface area (Å²) in [5.74, 6) is -0.0380. The van der Waals surface area contributed by atoms with E-state index in [9.17, 15) is 19.6 Å². The maximum Gasteiger partial charge on any atom is 0.414 e. The van der Waals surface area contributed by atoms with Gasteiger partial charge >= 0.3 is 6.09 Å². The number of nitrogens with one attached hydrogen (secondary N) is 1. The summed E-state index contributed by atoms with van der Waals surface area (Å²) in [5.41, 5.74) is 1.44. The fourth-order valence-electron chi connectivity index (χ4n) is 4.60. The highest BCUT2D eigenvalue weighted by Crippen LogP contribution is 2.63. The Hall–Kier alpha value is -3.08. The van der Waals surface area contributed by atoms with Gasteiger partial charge in [0.05, 0.1) is 25.1 Å². The molecule has 0 spiro atoms. The maximum absolute atomic E-state index is 12.2. The molecule has 1 saturated carbocycles. The standard InChI is InChI=1S/C20H22N4O4/c1-12(25)22-8-16-9-24(19(27)28-16)15-5-3-14(4-6-15)20-11-23(13(2)26)10-18(20)17(20)7-21/h3-6,16-18H,8-11H2,1-2H3,(H,22,25)/t16-,17+,18-,20-/m0/s1. The number of nitriles is 1. The summed E-state index contributed by atoms with van der Waals surface area (Å²) in [6.07, 6.45) is -0.825. The van der Waals surface area contributed by atoms with Gasteiger partial charge in [-0.1, -0.05) is 12.1 Å². The summed E-state index contributed by atoms with van der Waals surface area (Å²) in [6.45, 7) is 4.81. The van der Waals surface area contributed by atoms with Crippen LogP contribution < -0.4 is 10.2 Å². The average Bonchev–Trinajstić information content (AvgIpc) is 2.95. The van der Waals surface area contributed by atoms with Crippen molar-refractivity contribution in [3.05, 3.63) is 29.8 Å². The number of hydrogen-bond donors (Lipinski definition) is 1.